The van der Waals surface area contributed by atoms with Crippen LogP contribution in [0.3, 0.4) is 0 Å². The second-order valence-electron chi connectivity index (χ2n) is 8.12. The zero-order valence-electron chi connectivity index (χ0n) is 18.6. The fourth-order valence-corrected chi connectivity index (χ4v) is 4.69. The molecule has 1 saturated heterocycles. The number of amides is 1. The summed E-state index contributed by atoms with van der Waals surface area (Å²) in [6.45, 7) is 1.30. The molecule has 1 amide bonds. The van der Waals surface area contributed by atoms with Gasteiger partial charge in [-0.1, -0.05) is 59.1 Å². The van der Waals surface area contributed by atoms with Crippen LogP contribution in [0.5, 0.6) is 0 Å². The fourth-order valence-electron chi connectivity index (χ4n) is 3.78. The van der Waals surface area contributed by atoms with E-state index in [1.165, 1.54) is 0 Å². The number of benzene rings is 2. The average Bonchev–Trinajstić information content (AvgIpc) is 2.77. The van der Waals surface area contributed by atoms with Crippen LogP contribution in [0, 0.1) is 0 Å². The number of halogens is 3. The minimum absolute atomic E-state index is 0.225. The third-order valence-electron chi connectivity index (χ3n) is 5.45. The predicted octanol–water partition coefficient (Wildman–Crippen LogP) is 4.58. The van der Waals surface area contributed by atoms with Crippen LogP contribution in [0.25, 0.3) is 0 Å². The molecule has 3 N–H and O–H groups in total. The largest absolute Gasteiger partial charge is 0.399 e. The molecule has 0 aromatic heterocycles. The van der Waals surface area contributed by atoms with Crippen LogP contribution < -0.4 is 20.9 Å². The number of hydrogen-bond acceptors (Lipinski definition) is 4. The molecular formula is C23H28Cl3N5OS. The highest BCUT2D eigenvalue weighted by Crippen LogP contribution is 2.36. The Morgan fingerprint density at radius 3 is 2.45 bits per heavy atom. The summed E-state index contributed by atoms with van der Waals surface area (Å²) in [7, 11) is 3.96. The number of anilines is 3. The fraction of sp³-hybridized carbons (Fsp3) is 0.391. The number of carbonyl (C=O) groups excluding carboxylic acids is 1. The van der Waals surface area contributed by atoms with Crippen molar-refractivity contribution in [3.05, 3.63) is 54.1 Å². The molecule has 0 bridgehead atoms. The van der Waals surface area contributed by atoms with Gasteiger partial charge in [0, 0.05) is 39.3 Å². The van der Waals surface area contributed by atoms with Crippen LogP contribution in [0.2, 0.25) is 0 Å². The summed E-state index contributed by atoms with van der Waals surface area (Å²) in [5.74, 6) is -0.225. The first-order chi connectivity index (χ1) is 15.6. The Morgan fingerprint density at radius 2 is 1.82 bits per heavy atom. The van der Waals surface area contributed by atoms with E-state index >= 15 is 0 Å². The third kappa shape index (κ3) is 6.57. The zero-order valence-corrected chi connectivity index (χ0v) is 21.7. The lowest BCUT2D eigenvalue weighted by Crippen LogP contribution is -2.62. The second-order valence-corrected chi connectivity index (χ2v) is 10.9. The van der Waals surface area contributed by atoms with Gasteiger partial charge in [-0.05, 0) is 54.9 Å². The summed E-state index contributed by atoms with van der Waals surface area (Å²) in [6.07, 6.45) is 0.684. The van der Waals surface area contributed by atoms with Gasteiger partial charge in [-0.25, -0.2) is 0 Å². The SMILES string of the molecule is CN(C)c1ccccc1N1CCCN(C(NC(=O)CCc2ccc(N)cc2)C(Cl)(Cl)Cl)C1=S. The van der Waals surface area contributed by atoms with Gasteiger partial charge in [0.1, 0.15) is 0 Å². The molecule has 0 saturated carbocycles. The first kappa shape index (κ1) is 25.7. The molecule has 0 radical (unpaired) electrons. The van der Waals surface area contributed by atoms with E-state index in [1.807, 2.05) is 72.4 Å². The van der Waals surface area contributed by atoms with E-state index < -0.39 is 9.96 Å². The quantitative estimate of drug-likeness (QED) is 0.312. The summed E-state index contributed by atoms with van der Waals surface area (Å²) in [5, 5.41) is 3.40. The van der Waals surface area contributed by atoms with Gasteiger partial charge in [0.25, 0.3) is 0 Å². The van der Waals surface area contributed by atoms with Crippen LogP contribution in [-0.4, -0.2) is 53.1 Å². The highest BCUT2D eigenvalue weighted by molar-refractivity contribution is 7.80. The first-order valence-electron chi connectivity index (χ1n) is 10.6. The minimum Gasteiger partial charge on any atom is -0.399 e. The maximum absolute atomic E-state index is 12.8. The highest BCUT2D eigenvalue weighted by Gasteiger charge is 2.42. The smallest absolute Gasteiger partial charge is 0.228 e. The molecule has 178 valence electrons. The van der Waals surface area contributed by atoms with E-state index in [9.17, 15) is 4.79 Å². The van der Waals surface area contributed by atoms with E-state index in [2.05, 4.69) is 5.32 Å². The standard InChI is InChI=1S/C23H28Cl3N5OS/c1-29(2)18-6-3-4-7-19(18)30-14-5-15-31(22(30)33)21(23(24,25)26)28-20(32)13-10-16-8-11-17(27)12-9-16/h3-4,6-9,11-12,21H,5,10,13-15,27H2,1-2H3,(H,28,32). The number of nitrogens with one attached hydrogen (secondary N) is 1. The van der Waals surface area contributed by atoms with E-state index in [-0.39, 0.29) is 12.3 Å². The van der Waals surface area contributed by atoms with E-state index in [0.717, 1.165) is 29.9 Å². The summed E-state index contributed by atoms with van der Waals surface area (Å²) in [6, 6.07) is 15.4. The number of alkyl halides is 3. The molecule has 1 heterocycles. The van der Waals surface area contributed by atoms with E-state index in [0.29, 0.717) is 23.8 Å². The number of nitrogen functional groups attached to an aromatic ring is 1. The lowest BCUT2D eigenvalue weighted by atomic mass is 10.1. The Morgan fingerprint density at radius 1 is 1.15 bits per heavy atom. The monoisotopic (exact) mass is 527 g/mol. The number of nitrogens with two attached hydrogens (primary N) is 1. The zero-order chi connectivity index (χ0) is 24.2. The maximum Gasteiger partial charge on any atom is 0.228 e. The predicted molar refractivity (Wildman–Crippen MR) is 143 cm³/mol. The summed E-state index contributed by atoms with van der Waals surface area (Å²) >= 11 is 24.8. The number of rotatable bonds is 7. The Labute approximate surface area is 215 Å². The normalized spacial score (nSPS) is 15.4. The van der Waals surface area contributed by atoms with Crippen molar-refractivity contribution in [3.8, 4) is 0 Å². The van der Waals surface area contributed by atoms with Crippen molar-refractivity contribution in [2.45, 2.75) is 29.2 Å². The van der Waals surface area contributed by atoms with Gasteiger partial charge in [-0.2, -0.15) is 0 Å². The molecule has 2 aromatic rings. The molecule has 0 aliphatic carbocycles. The third-order valence-corrected chi connectivity index (χ3v) is 6.53. The molecule has 33 heavy (non-hydrogen) atoms. The van der Waals surface area contributed by atoms with Crippen LogP contribution >= 0.6 is 47.0 Å². The minimum atomic E-state index is -1.77. The molecule has 1 aliphatic heterocycles. The topological polar surface area (TPSA) is 64.8 Å². The molecule has 3 rings (SSSR count). The molecule has 10 heteroatoms. The summed E-state index contributed by atoms with van der Waals surface area (Å²) in [4.78, 5) is 18.6. The van der Waals surface area contributed by atoms with Crippen LogP contribution in [0.15, 0.2) is 48.5 Å². The molecule has 1 aliphatic rings. The van der Waals surface area contributed by atoms with Crippen LogP contribution in [-0.2, 0) is 11.2 Å². The number of nitrogens with zero attached hydrogens (tertiary/aromatic N) is 3. The Balaban J connectivity index is 1.76. The Hall–Kier alpha value is -1.93. The highest BCUT2D eigenvalue weighted by atomic mass is 35.6. The van der Waals surface area contributed by atoms with Crippen molar-refractivity contribution in [3.63, 3.8) is 0 Å². The molecule has 6 nitrogen and oxygen atoms in total. The molecule has 0 spiro atoms. The average molecular weight is 529 g/mol. The van der Waals surface area contributed by atoms with Crippen molar-refractivity contribution in [1.82, 2.24) is 10.2 Å². The number of carbonyl (C=O) groups is 1. The lowest BCUT2D eigenvalue weighted by molar-refractivity contribution is -0.122. The van der Waals surface area contributed by atoms with Crippen molar-refractivity contribution in [2.24, 2.45) is 0 Å². The Kier molecular flexibility index (Phi) is 8.56. The second kappa shape index (κ2) is 11.0. The molecule has 1 fully saturated rings. The van der Waals surface area contributed by atoms with Crippen molar-refractivity contribution in [2.75, 3.05) is 42.7 Å². The maximum atomic E-state index is 12.8. The van der Waals surface area contributed by atoms with Crippen molar-refractivity contribution >= 4 is 75.1 Å². The van der Waals surface area contributed by atoms with Gasteiger partial charge in [0.15, 0.2) is 11.3 Å². The lowest BCUT2D eigenvalue weighted by Gasteiger charge is -2.45. The number of hydrogen-bond donors (Lipinski definition) is 2. The van der Waals surface area contributed by atoms with Gasteiger partial charge in [-0.3, -0.25) is 4.79 Å². The van der Waals surface area contributed by atoms with Gasteiger partial charge in [-0.15, -0.1) is 0 Å². The van der Waals surface area contributed by atoms with Gasteiger partial charge in [0.05, 0.1) is 11.4 Å². The molecular weight excluding hydrogens is 501 g/mol. The van der Waals surface area contributed by atoms with Gasteiger partial charge >= 0.3 is 0 Å². The first-order valence-corrected chi connectivity index (χ1v) is 12.2. The molecule has 1 unspecified atom stereocenters. The van der Waals surface area contributed by atoms with Crippen molar-refractivity contribution < 1.29 is 4.79 Å². The van der Waals surface area contributed by atoms with Crippen LogP contribution in [0.1, 0.15) is 18.4 Å². The van der Waals surface area contributed by atoms with E-state index in [4.69, 9.17) is 52.8 Å². The molecule has 1 atom stereocenters. The summed E-state index contributed by atoms with van der Waals surface area (Å²) < 4.78 is -1.77. The van der Waals surface area contributed by atoms with Gasteiger partial charge < -0.3 is 25.8 Å². The van der Waals surface area contributed by atoms with Crippen molar-refractivity contribution in [1.29, 1.82) is 0 Å². The van der Waals surface area contributed by atoms with Crippen LogP contribution in [0.4, 0.5) is 17.1 Å². The number of aryl methyl sites for hydroxylation is 1. The summed E-state index contributed by atoms with van der Waals surface area (Å²) in [5.41, 5.74) is 9.40. The molecule has 2 aromatic carbocycles. The number of para-hydroxylation sites is 2. The van der Waals surface area contributed by atoms with E-state index in [1.54, 1.807) is 4.90 Å². The number of thiocarbonyl (C=S) groups is 1. The Bertz CT molecular complexity index is 981. The van der Waals surface area contributed by atoms with Gasteiger partial charge in [0.2, 0.25) is 9.70 Å².